The van der Waals surface area contributed by atoms with Crippen molar-refractivity contribution >= 4 is 37.8 Å². The zero-order valence-electron chi connectivity index (χ0n) is 10.6. The largest absolute Gasteiger partial charge is 0.495 e. The van der Waals surface area contributed by atoms with Crippen LogP contribution in [0.15, 0.2) is 21.1 Å². The van der Waals surface area contributed by atoms with Crippen molar-refractivity contribution in [1.82, 2.24) is 10.2 Å². The molecule has 0 unspecified atom stereocenters. The second-order valence-electron chi connectivity index (χ2n) is 3.97. The first-order valence-corrected chi connectivity index (χ1v) is 6.97. The van der Waals surface area contributed by atoms with Crippen molar-refractivity contribution in [2.24, 2.45) is 0 Å². The molecule has 1 rings (SSSR count). The molecular formula is C12H16Br2N2O2. The number of methoxy groups -OCH3 is 1. The van der Waals surface area contributed by atoms with Crippen molar-refractivity contribution < 1.29 is 9.53 Å². The van der Waals surface area contributed by atoms with Gasteiger partial charge in [0.25, 0.3) is 0 Å². The molecular weight excluding hydrogens is 364 g/mol. The minimum Gasteiger partial charge on any atom is -0.495 e. The molecule has 0 aliphatic heterocycles. The molecule has 0 fully saturated rings. The number of hydrogen-bond acceptors (Lipinski definition) is 3. The summed E-state index contributed by atoms with van der Waals surface area (Å²) in [6, 6.07) is 3.89. The van der Waals surface area contributed by atoms with Crippen LogP contribution in [-0.2, 0) is 11.3 Å². The molecule has 1 aromatic carbocycles. The van der Waals surface area contributed by atoms with Gasteiger partial charge in [0, 0.05) is 30.7 Å². The highest BCUT2D eigenvalue weighted by Crippen LogP contribution is 2.32. The van der Waals surface area contributed by atoms with Gasteiger partial charge in [0.1, 0.15) is 5.75 Å². The van der Waals surface area contributed by atoms with Crippen LogP contribution in [-0.4, -0.2) is 38.6 Å². The second-order valence-corrected chi connectivity index (χ2v) is 5.74. The highest BCUT2D eigenvalue weighted by atomic mass is 79.9. The maximum Gasteiger partial charge on any atom is 0.236 e. The number of nitrogens with one attached hydrogen (secondary N) is 1. The number of rotatable bonds is 5. The summed E-state index contributed by atoms with van der Waals surface area (Å²) in [5, 5.41) is 3.10. The third-order valence-electron chi connectivity index (χ3n) is 2.38. The highest BCUT2D eigenvalue weighted by molar-refractivity contribution is 9.11. The number of hydrogen-bond donors (Lipinski definition) is 1. The Balaban J connectivity index is 2.70. The Morgan fingerprint density at radius 3 is 2.61 bits per heavy atom. The van der Waals surface area contributed by atoms with Crippen molar-refractivity contribution in [2.75, 3.05) is 27.7 Å². The number of carbonyl (C=O) groups is 1. The van der Waals surface area contributed by atoms with Gasteiger partial charge in [0.05, 0.1) is 18.1 Å². The Bertz CT molecular complexity index is 436. The fraction of sp³-hybridized carbons (Fsp3) is 0.417. The summed E-state index contributed by atoms with van der Waals surface area (Å²) in [5.41, 5.74) is 0.991. The van der Waals surface area contributed by atoms with Gasteiger partial charge in [-0.05, 0) is 28.1 Å². The van der Waals surface area contributed by atoms with Gasteiger partial charge >= 0.3 is 0 Å². The lowest BCUT2D eigenvalue weighted by Crippen LogP contribution is -2.32. The van der Waals surface area contributed by atoms with Crippen LogP contribution in [0, 0.1) is 0 Å². The number of nitrogens with zero attached hydrogens (tertiary/aromatic N) is 1. The molecule has 0 aromatic heterocycles. The standard InChI is InChI=1S/C12H16Br2N2O2/c1-16(2)11(17)7-15-6-8-4-9(13)5-10(14)12(8)18-3/h4-5,15H,6-7H2,1-3H3. The maximum absolute atomic E-state index is 11.4. The number of halogens is 2. The number of benzene rings is 1. The van der Waals surface area contributed by atoms with E-state index >= 15 is 0 Å². The van der Waals surface area contributed by atoms with E-state index in [2.05, 4.69) is 37.2 Å². The van der Waals surface area contributed by atoms with Crippen molar-refractivity contribution in [1.29, 1.82) is 0 Å². The third-order valence-corrected chi connectivity index (χ3v) is 3.43. The Hall–Kier alpha value is -0.590. The molecule has 1 amide bonds. The molecule has 18 heavy (non-hydrogen) atoms. The minimum absolute atomic E-state index is 0.0445. The lowest BCUT2D eigenvalue weighted by atomic mass is 10.2. The quantitative estimate of drug-likeness (QED) is 0.854. The first-order chi connectivity index (χ1) is 8.45. The third kappa shape index (κ3) is 4.26. The van der Waals surface area contributed by atoms with Crippen LogP contribution in [0.3, 0.4) is 0 Å². The molecule has 1 aromatic rings. The summed E-state index contributed by atoms with van der Waals surface area (Å²) in [7, 11) is 5.10. The van der Waals surface area contributed by atoms with Crippen molar-refractivity contribution in [3.8, 4) is 5.75 Å². The van der Waals surface area contributed by atoms with Gasteiger partial charge in [0.2, 0.25) is 5.91 Å². The molecule has 0 heterocycles. The average molecular weight is 380 g/mol. The van der Waals surface area contributed by atoms with Gasteiger partial charge in [-0.3, -0.25) is 4.79 Å². The molecule has 4 nitrogen and oxygen atoms in total. The lowest BCUT2D eigenvalue weighted by Gasteiger charge is -2.14. The minimum atomic E-state index is 0.0445. The lowest BCUT2D eigenvalue weighted by molar-refractivity contribution is -0.127. The fourth-order valence-corrected chi connectivity index (χ4v) is 2.91. The van der Waals surface area contributed by atoms with E-state index in [0.29, 0.717) is 13.1 Å². The van der Waals surface area contributed by atoms with Crippen LogP contribution in [0.4, 0.5) is 0 Å². The SMILES string of the molecule is COc1c(Br)cc(Br)cc1CNCC(=O)N(C)C. The summed E-state index contributed by atoms with van der Waals surface area (Å²) in [4.78, 5) is 13.0. The molecule has 0 bridgehead atoms. The molecule has 0 aliphatic rings. The fourth-order valence-electron chi connectivity index (χ4n) is 1.44. The van der Waals surface area contributed by atoms with E-state index in [1.54, 1.807) is 26.1 Å². The Morgan fingerprint density at radius 2 is 2.06 bits per heavy atom. The topological polar surface area (TPSA) is 41.6 Å². The molecule has 6 heteroatoms. The van der Waals surface area contributed by atoms with E-state index in [1.165, 1.54) is 0 Å². The van der Waals surface area contributed by atoms with Crippen LogP contribution in [0.5, 0.6) is 5.75 Å². The van der Waals surface area contributed by atoms with Crippen LogP contribution >= 0.6 is 31.9 Å². The van der Waals surface area contributed by atoms with Gasteiger partial charge in [-0.2, -0.15) is 0 Å². The van der Waals surface area contributed by atoms with Crippen molar-refractivity contribution in [3.05, 3.63) is 26.6 Å². The van der Waals surface area contributed by atoms with Gasteiger partial charge in [-0.15, -0.1) is 0 Å². The van der Waals surface area contributed by atoms with E-state index < -0.39 is 0 Å². The molecule has 100 valence electrons. The summed E-state index contributed by atoms with van der Waals surface area (Å²) in [6.07, 6.45) is 0. The van der Waals surface area contributed by atoms with Crippen molar-refractivity contribution in [2.45, 2.75) is 6.54 Å². The number of likely N-dealkylation sites (N-methyl/N-ethyl adjacent to an activating group) is 1. The molecule has 0 spiro atoms. The van der Waals surface area contributed by atoms with Gasteiger partial charge in [-0.1, -0.05) is 15.9 Å². The predicted molar refractivity (Wildman–Crippen MR) is 78.8 cm³/mol. The monoisotopic (exact) mass is 378 g/mol. The van der Waals surface area contributed by atoms with Gasteiger partial charge < -0.3 is 15.0 Å². The summed E-state index contributed by atoms with van der Waals surface area (Å²) in [5.74, 6) is 0.825. The zero-order chi connectivity index (χ0) is 13.7. The zero-order valence-corrected chi connectivity index (χ0v) is 13.8. The maximum atomic E-state index is 11.4. The van der Waals surface area contributed by atoms with Crippen LogP contribution in [0.2, 0.25) is 0 Å². The first kappa shape index (κ1) is 15.5. The molecule has 0 saturated heterocycles. The number of amides is 1. The number of carbonyl (C=O) groups excluding carboxylic acids is 1. The highest BCUT2D eigenvalue weighted by Gasteiger charge is 2.10. The molecule has 0 radical (unpaired) electrons. The molecule has 0 saturated carbocycles. The summed E-state index contributed by atoms with van der Waals surface area (Å²) in [6.45, 7) is 0.876. The first-order valence-electron chi connectivity index (χ1n) is 5.38. The predicted octanol–water partition coefficient (Wildman–Crippen LogP) is 2.40. The molecule has 0 atom stereocenters. The Labute approximate surface area is 124 Å². The van der Waals surface area contributed by atoms with Gasteiger partial charge in [-0.25, -0.2) is 0 Å². The Morgan fingerprint density at radius 1 is 1.39 bits per heavy atom. The van der Waals surface area contributed by atoms with Crippen LogP contribution < -0.4 is 10.1 Å². The van der Waals surface area contributed by atoms with E-state index in [-0.39, 0.29) is 5.91 Å². The summed E-state index contributed by atoms with van der Waals surface area (Å²) >= 11 is 6.88. The van der Waals surface area contributed by atoms with E-state index in [1.807, 2.05) is 12.1 Å². The number of ether oxygens (including phenoxy) is 1. The van der Waals surface area contributed by atoms with Crippen molar-refractivity contribution in [3.63, 3.8) is 0 Å². The molecule has 0 aliphatic carbocycles. The average Bonchev–Trinajstić information content (AvgIpc) is 2.28. The van der Waals surface area contributed by atoms with E-state index in [4.69, 9.17) is 4.74 Å². The Kier molecular flexibility index (Phi) is 6.11. The van der Waals surface area contributed by atoms with Crippen LogP contribution in [0.25, 0.3) is 0 Å². The summed E-state index contributed by atoms with van der Waals surface area (Å²) < 4.78 is 7.18. The molecule has 1 N–H and O–H groups in total. The van der Waals surface area contributed by atoms with E-state index in [0.717, 1.165) is 20.3 Å². The van der Waals surface area contributed by atoms with Gasteiger partial charge in [0.15, 0.2) is 0 Å². The van der Waals surface area contributed by atoms with Crippen LogP contribution in [0.1, 0.15) is 5.56 Å². The second kappa shape index (κ2) is 7.11. The van der Waals surface area contributed by atoms with E-state index in [9.17, 15) is 4.79 Å². The smallest absolute Gasteiger partial charge is 0.236 e. The normalized spacial score (nSPS) is 10.3.